The van der Waals surface area contributed by atoms with Gasteiger partial charge >= 0.3 is 0 Å². The number of aromatic nitrogens is 1. The highest BCUT2D eigenvalue weighted by Gasteiger charge is 2.05. The standard InChI is InChI=1S/C13H22N2S/c1-5-6-11(4)14-8-12-9-15-13(16-12)7-10(2)3/h5,9-11,14H,1,6-8H2,2-4H3. The van der Waals surface area contributed by atoms with Crippen molar-refractivity contribution in [3.63, 3.8) is 0 Å². The predicted molar refractivity (Wildman–Crippen MR) is 71.8 cm³/mol. The molecule has 1 heterocycles. The number of hydrogen-bond acceptors (Lipinski definition) is 3. The van der Waals surface area contributed by atoms with Gasteiger partial charge in [0, 0.05) is 30.1 Å². The van der Waals surface area contributed by atoms with E-state index in [1.165, 1.54) is 9.88 Å². The highest BCUT2D eigenvalue weighted by atomic mass is 32.1. The number of hydrogen-bond donors (Lipinski definition) is 1. The summed E-state index contributed by atoms with van der Waals surface area (Å²) in [7, 11) is 0. The summed E-state index contributed by atoms with van der Waals surface area (Å²) in [6, 6.07) is 0.494. The first kappa shape index (κ1) is 13.4. The van der Waals surface area contributed by atoms with Crippen molar-refractivity contribution >= 4 is 11.3 Å². The Morgan fingerprint density at radius 3 is 2.88 bits per heavy atom. The van der Waals surface area contributed by atoms with Crippen LogP contribution >= 0.6 is 11.3 Å². The van der Waals surface area contributed by atoms with Crippen LogP contribution in [0.1, 0.15) is 37.1 Å². The van der Waals surface area contributed by atoms with Crippen molar-refractivity contribution in [1.82, 2.24) is 10.3 Å². The van der Waals surface area contributed by atoms with Gasteiger partial charge in [-0.25, -0.2) is 4.98 Å². The van der Waals surface area contributed by atoms with Crippen LogP contribution in [-0.4, -0.2) is 11.0 Å². The fraction of sp³-hybridized carbons (Fsp3) is 0.615. The van der Waals surface area contributed by atoms with E-state index in [2.05, 4.69) is 37.7 Å². The van der Waals surface area contributed by atoms with Gasteiger partial charge in [-0.1, -0.05) is 19.9 Å². The molecule has 0 aliphatic carbocycles. The van der Waals surface area contributed by atoms with Gasteiger partial charge in [-0.3, -0.25) is 0 Å². The lowest BCUT2D eigenvalue weighted by molar-refractivity contribution is 0.557. The number of rotatable bonds is 7. The molecule has 0 amide bonds. The smallest absolute Gasteiger partial charge is 0.0930 e. The van der Waals surface area contributed by atoms with Crippen LogP contribution in [-0.2, 0) is 13.0 Å². The molecule has 1 unspecified atom stereocenters. The molecule has 1 atom stereocenters. The first-order valence-electron chi connectivity index (χ1n) is 5.89. The second-order valence-electron chi connectivity index (χ2n) is 4.62. The Labute approximate surface area is 103 Å². The van der Waals surface area contributed by atoms with Crippen LogP contribution in [0.2, 0.25) is 0 Å². The minimum Gasteiger partial charge on any atom is -0.309 e. The summed E-state index contributed by atoms with van der Waals surface area (Å²) in [6.45, 7) is 11.3. The third-order valence-electron chi connectivity index (χ3n) is 2.33. The zero-order chi connectivity index (χ0) is 12.0. The predicted octanol–water partition coefficient (Wildman–Crippen LogP) is 3.40. The SMILES string of the molecule is C=CCC(C)NCc1cnc(CC(C)C)s1. The molecular formula is C13H22N2S. The summed E-state index contributed by atoms with van der Waals surface area (Å²) in [4.78, 5) is 5.76. The molecular weight excluding hydrogens is 216 g/mol. The fourth-order valence-corrected chi connectivity index (χ4v) is 2.57. The second kappa shape index (κ2) is 6.81. The molecule has 1 rings (SSSR count). The first-order valence-corrected chi connectivity index (χ1v) is 6.71. The van der Waals surface area contributed by atoms with Crippen molar-refractivity contribution in [3.05, 3.63) is 28.7 Å². The molecule has 0 saturated carbocycles. The minimum absolute atomic E-state index is 0.494. The van der Waals surface area contributed by atoms with Crippen LogP contribution in [0.15, 0.2) is 18.9 Å². The maximum absolute atomic E-state index is 4.44. The van der Waals surface area contributed by atoms with E-state index >= 15 is 0 Å². The summed E-state index contributed by atoms with van der Waals surface area (Å²) in [6.07, 6.45) is 6.05. The number of nitrogens with one attached hydrogen (secondary N) is 1. The molecule has 3 heteroatoms. The quantitative estimate of drug-likeness (QED) is 0.736. The lowest BCUT2D eigenvalue weighted by Gasteiger charge is -2.09. The molecule has 0 aliphatic heterocycles. The number of thiazole rings is 1. The Bertz CT molecular complexity index is 317. The molecule has 0 bridgehead atoms. The van der Waals surface area contributed by atoms with Gasteiger partial charge < -0.3 is 5.32 Å². The second-order valence-corrected chi connectivity index (χ2v) is 5.82. The number of nitrogens with zero attached hydrogens (tertiary/aromatic N) is 1. The fourth-order valence-electron chi connectivity index (χ4n) is 1.48. The molecule has 0 fully saturated rings. The Balaban J connectivity index is 2.37. The van der Waals surface area contributed by atoms with E-state index in [1.807, 2.05) is 23.6 Å². The van der Waals surface area contributed by atoms with E-state index in [0.717, 1.165) is 19.4 Å². The van der Waals surface area contributed by atoms with Crippen LogP contribution in [0.4, 0.5) is 0 Å². The zero-order valence-corrected chi connectivity index (χ0v) is 11.3. The van der Waals surface area contributed by atoms with Gasteiger partial charge in [0.25, 0.3) is 0 Å². The minimum atomic E-state index is 0.494. The molecule has 0 aliphatic rings. The summed E-state index contributed by atoms with van der Waals surface area (Å²) in [5.41, 5.74) is 0. The van der Waals surface area contributed by atoms with Crippen molar-refractivity contribution in [3.8, 4) is 0 Å². The highest BCUT2D eigenvalue weighted by Crippen LogP contribution is 2.16. The summed E-state index contributed by atoms with van der Waals surface area (Å²) in [5, 5.41) is 4.72. The van der Waals surface area contributed by atoms with Crippen molar-refractivity contribution < 1.29 is 0 Å². The van der Waals surface area contributed by atoms with Gasteiger partial charge in [-0.15, -0.1) is 17.9 Å². The monoisotopic (exact) mass is 238 g/mol. The van der Waals surface area contributed by atoms with E-state index in [4.69, 9.17) is 0 Å². The molecule has 0 saturated heterocycles. The Kier molecular flexibility index (Phi) is 5.71. The zero-order valence-electron chi connectivity index (χ0n) is 10.5. The molecule has 0 radical (unpaired) electrons. The maximum atomic E-state index is 4.44. The first-order chi connectivity index (χ1) is 7.61. The van der Waals surface area contributed by atoms with E-state index in [-0.39, 0.29) is 0 Å². The Hall–Kier alpha value is -0.670. The average molecular weight is 238 g/mol. The summed E-state index contributed by atoms with van der Waals surface area (Å²) in [5.74, 6) is 0.687. The topological polar surface area (TPSA) is 24.9 Å². The molecule has 0 aromatic carbocycles. The summed E-state index contributed by atoms with van der Waals surface area (Å²) >= 11 is 1.82. The highest BCUT2D eigenvalue weighted by molar-refractivity contribution is 7.11. The van der Waals surface area contributed by atoms with E-state index < -0.39 is 0 Å². The van der Waals surface area contributed by atoms with E-state index in [0.29, 0.717) is 12.0 Å². The van der Waals surface area contributed by atoms with Gasteiger partial charge in [0.15, 0.2) is 0 Å². The molecule has 16 heavy (non-hydrogen) atoms. The van der Waals surface area contributed by atoms with E-state index in [9.17, 15) is 0 Å². The van der Waals surface area contributed by atoms with Crippen molar-refractivity contribution in [2.75, 3.05) is 0 Å². The van der Waals surface area contributed by atoms with Gasteiger partial charge in [-0.05, 0) is 19.3 Å². The maximum Gasteiger partial charge on any atom is 0.0930 e. The van der Waals surface area contributed by atoms with Crippen LogP contribution in [0.3, 0.4) is 0 Å². The molecule has 90 valence electrons. The molecule has 1 aromatic heterocycles. The molecule has 1 aromatic rings. The Morgan fingerprint density at radius 2 is 2.25 bits per heavy atom. The average Bonchev–Trinajstić information content (AvgIpc) is 2.62. The molecule has 2 nitrogen and oxygen atoms in total. The van der Waals surface area contributed by atoms with Crippen molar-refractivity contribution in [2.45, 2.75) is 46.2 Å². The van der Waals surface area contributed by atoms with E-state index in [1.54, 1.807) is 0 Å². The van der Waals surface area contributed by atoms with Gasteiger partial charge in [-0.2, -0.15) is 0 Å². The van der Waals surface area contributed by atoms with Crippen molar-refractivity contribution in [2.24, 2.45) is 5.92 Å². The van der Waals surface area contributed by atoms with Crippen LogP contribution in [0.5, 0.6) is 0 Å². The molecule has 1 N–H and O–H groups in total. The lowest BCUT2D eigenvalue weighted by Crippen LogP contribution is -2.24. The third-order valence-corrected chi connectivity index (χ3v) is 3.35. The lowest BCUT2D eigenvalue weighted by atomic mass is 10.1. The van der Waals surface area contributed by atoms with Gasteiger partial charge in [0.05, 0.1) is 5.01 Å². The van der Waals surface area contributed by atoms with Crippen LogP contribution < -0.4 is 5.32 Å². The third kappa shape index (κ3) is 4.90. The van der Waals surface area contributed by atoms with Crippen LogP contribution in [0, 0.1) is 5.92 Å². The Morgan fingerprint density at radius 1 is 1.50 bits per heavy atom. The van der Waals surface area contributed by atoms with Gasteiger partial charge in [0.2, 0.25) is 0 Å². The largest absolute Gasteiger partial charge is 0.309 e. The van der Waals surface area contributed by atoms with Crippen LogP contribution in [0.25, 0.3) is 0 Å². The molecule has 0 spiro atoms. The van der Waals surface area contributed by atoms with Crippen molar-refractivity contribution in [1.29, 1.82) is 0 Å². The summed E-state index contributed by atoms with van der Waals surface area (Å²) < 4.78 is 0. The normalized spacial score (nSPS) is 13.0. The van der Waals surface area contributed by atoms with Gasteiger partial charge in [0.1, 0.15) is 0 Å².